The molecule has 1 heterocycles. The summed E-state index contributed by atoms with van der Waals surface area (Å²) in [7, 11) is 2.21. The average molecular weight is 247 g/mol. The van der Waals surface area contributed by atoms with E-state index in [1.165, 1.54) is 30.5 Å². The van der Waals surface area contributed by atoms with Crippen molar-refractivity contribution in [3.8, 4) is 0 Å². The van der Waals surface area contributed by atoms with Crippen molar-refractivity contribution in [3.05, 3.63) is 24.0 Å². The Morgan fingerprint density at radius 2 is 2.28 bits per heavy atom. The number of hydrogen-bond acceptors (Lipinski definition) is 3. The van der Waals surface area contributed by atoms with Crippen LogP contribution in [-0.2, 0) is 6.54 Å². The molecule has 1 atom stereocenters. The minimum Gasteiger partial charge on any atom is -0.371 e. The van der Waals surface area contributed by atoms with Crippen molar-refractivity contribution in [3.63, 3.8) is 0 Å². The lowest BCUT2D eigenvalue weighted by molar-refractivity contribution is 0.603. The molecule has 0 radical (unpaired) electrons. The molecule has 1 aromatic heterocycles. The Labute approximate surface area is 111 Å². The largest absolute Gasteiger partial charge is 0.371 e. The number of nitrogens with one attached hydrogen (secondary N) is 1. The SMILES string of the molecule is CCCNCc1cnccc1N(C)C(C)C1CC1. The first-order valence-corrected chi connectivity index (χ1v) is 7.10. The summed E-state index contributed by atoms with van der Waals surface area (Å²) in [6.45, 7) is 6.51. The van der Waals surface area contributed by atoms with Gasteiger partial charge in [0.1, 0.15) is 0 Å². The second-order valence-electron chi connectivity index (χ2n) is 5.37. The van der Waals surface area contributed by atoms with Gasteiger partial charge in [-0.2, -0.15) is 0 Å². The summed E-state index contributed by atoms with van der Waals surface area (Å²) in [6.07, 6.45) is 7.84. The molecule has 0 spiro atoms. The van der Waals surface area contributed by atoms with Crippen LogP contribution < -0.4 is 10.2 Å². The fraction of sp³-hybridized carbons (Fsp3) is 0.667. The molecule has 0 saturated heterocycles. The Balaban J connectivity index is 2.05. The molecule has 0 aromatic carbocycles. The fourth-order valence-corrected chi connectivity index (χ4v) is 2.41. The van der Waals surface area contributed by atoms with Gasteiger partial charge in [0, 0.05) is 43.3 Å². The highest BCUT2D eigenvalue weighted by molar-refractivity contribution is 5.52. The van der Waals surface area contributed by atoms with Gasteiger partial charge in [0.05, 0.1) is 0 Å². The molecule has 0 bridgehead atoms. The van der Waals surface area contributed by atoms with Crippen molar-refractivity contribution in [2.45, 2.75) is 45.7 Å². The smallest absolute Gasteiger partial charge is 0.0442 e. The first-order chi connectivity index (χ1) is 8.74. The summed E-state index contributed by atoms with van der Waals surface area (Å²) >= 11 is 0. The molecule has 100 valence electrons. The number of hydrogen-bond donors (Lipinski definition) is 1. The third-order valence-electron chi connectivity index (χ3n) is 3.92. The molecule has 1 unspecified atom stereocenters. The van der Waals surface area contributed by atoms with E-state index in [-0.39, 0.29) is 0 Å². The van der Waals surface area contributed by atoms with Crippen LogP contribution in [0.25, 0.3) is 0 Å². The van der Waals surface area contributed by atoms with Gasteiger partial charge in [-0.3, -0.25) is 4.98 Å². The van der Waals surface area contributed by atoms with E-state index in [2.05, 4.69) is 42.2 Å². The summed E-state index contributed by atoms with van der Waals surface area (Å²) in [5.41, 5.74) is 2.63. The number of nitrogens with zero attached hydrogens (tertiary/aromatic N) is 2. The normalized spacial score (nSPS) is 16.6. The molecular weight excluding hydrogens is 222 g/mol. The minimum atomic E-state index is 0.636. The Morgan fingerprint density at radius 1 is 1.50 bits per heavy atom. The maximum absolute atomic E-state index is 4.26. The molecule has 1 N–H and O–H groups in total. The quantitative estimate of drug-likeness (QED) is 0.751. The van der Waals surface area contributed by atoms with Gasteiger partial charge in [0.2, 0.25) is 0 Å². The van der Waals surface area contributed by atoms with Gasteiger partial charge < -0.3 is 10.2 Å². The molecule has 18 heavy (non-hydrogen) atoms. The van der Waals surface area contributed by atoms with Crippen molar-refractivity contribution in [1.29, 1.82) is 0 Å². The van der Waals surface area contributed by atoms with Crippen LogP contribution in [0, 0.1) is 5.92 Å². The summed E-state index contributed by atoms with van der Waals surface area (Å²) in [5.74, 6) is 0.889. The third-order valence-corrected chi connectivity index (χ3v) is 3.92. The van der Waals surface area contributed by atoms with Crippen LogP contribution in [0.2, 0.25) is 0 Å². The van der Waals surface area contributed by atoms with Crippen molar-refractivity contribution < 1.29 is 0 Å². The summed E-state index contributed by atoms with van der Waals surface area (Å²) in [4.78, 5) is 6.68. The van der Waals surface area contributed by atoms with Crippen LogP contribution in [0.4, 0.5) is 5.69 Å². The van der Waals surface area contributed by atoms with Crippen molar-refractivity contribution in [2.24, 2.45) is 5.92 Å². The molecule has 0 aliphatic heterocycles. The molecular formula is C15H25N3. The Morgan fingerprint density at radius 3 is 2.94 bits per heavy atom. The van der Waals surface area contributed by atoms with E-state index in [1.807, 2.05) is 12.4 Å². The zero-order valence-electron chi connectivity index (χ0n) is 11.8. The van der Waals surface area contributed by atoms with Gasteiger partial charge in [-0.25, -0.2) is 0 Å². The Kier molecular flexibility index (Phi) is 4.59. The Hall–Kier alpha value is -1.09. The Bertz CT molecular complexity index is 374. The van der Waals surface area contributed by atoms with E-state index in [1.54, 1.807) is 0 Å². The van der Waals surface area contributed by atoms with Crippen LogP contribution >= 0.6 is 0 Å². The maximum Gasteiger partial charge on any atom is 0.0442 e. The molecule has 1 fully saturated rings. The summed E-state index contributed by atoms with van der Waals surface area (Å²) in [6, 6.07) is 2.78. The lowest BCUT2D eigenvalue weighted by Crippen LogP contribution is -2.32. The molecule has 0 amide bonds. The van der Waals surface area contributed by atoms with Crippen LogP contribution in [0.1, 0.15) is 38.7 Å². The number of rotatable bonds is 7. The maximum atomic E-state index is 4.26. The van der Waals surface area contributed by atoms with Crippen LogP contribution in [-0.4, -0.2) is 24.6 Å². The lowest BCUT2D eigenvalue weighted by Gasteiger charge is -2.29. The van der Waals surface area contributed by atoms with Gasteiger partial charge in [0.15, 0.2) is 0 Å². The standard InChI is InChI=1S/C15H25N3/c1-4-8-16-10-14-11-17-9-7-15(14)18(3)12(2)13-5-6-13/h7,9,11-13,16H,4-6,8,10H2,1-3H3. The van der Waals surface area contributed by atoms with Crippen molar-refractivity contribution in [2.75, 3.05) is 18.5 Å². The molecule has 1 aliphatic carbocycles. The van der Waals surface area contributed by atoms with E-state index in [4.69, 9.17) is 0 Å². The molecule has 3 nitrogen and oxygen atoms in total. The first kappa shape index (κ1) is 13.3. The van der Waals surface area contributed by atoms with Crippen LogP contribution in [0.15, 0.2) is 18.5 Å². The highest BCUT2D eigenvalue weighted by Crippen LogP contribution is 2.36. The predicted octanol–water partition coefficient (Wildman–Crippen LogP) is 2.82. The van der Waals surface area contributed by atoms with Gasteiger partial charge in [-0.15, -0.1) is 0 Å². The van der Waals surface area contributed by atoms with E-state index in [0.29, 0.717) is 6.04 Å². The molecule has 1 aromatic rings. The van der Waals surface area contributed by atoms with Crippen LogP contribution in [0.3, 0.4) is 0 Å². The predicted molar refractivity (Wildman–Crippen MR) is 76.8 cm³/mol. The fourth-order valence-electron chi connectivity index (χ4n) is 2.41. The zero-order valence-corrected chi connectivity index (χ0v) is 11.8. The average Bonchev–Trinajstić information content (AvgIpc) is 3.22. The van der Waals surface area contributed by atoms with Crippen molar-refractivity contribution >= 4 is 5.69 Å². The van der Waals surface area contributed by atoms with Gasteiger partial charge in [-0.1, -0.05) is 6.92 Å². The van der Waals surface area contributed by atoms with E-state index in [0.717, 1.165) is 19.0 Å². The molecule has 1 aliphatic rings. The topological polar surface area (TPSA) is 28.2 Å². The van der Waals surface area contributed by atoms with Crippen molar-refractivity contribution in [1.82, 2.24) is 10.3 Å². The monoisotopic (exact) mass is 247 g/mol. The second-order valence-corrected chi connectivity index (χ2v) is 5.37. The van der Waals surface area contributed by atoms with Gasteiger partial charge >= 0.3 is 0 Å². The van der Waals surface area contributed by atoms with Gasteiger partial charge in [0.25, 0.3) is 0 Å². The third kappa shape index (κ3) is 3.22. The number of pyridine rings is 1. The van der Waals surface area contributed by atoms with Crippen LogP contribution in [0.5, 0.6) is 0 Å². The highest BCUT2D eigenvalue weighted by Gasteiger charge is 2.31. The number of aromatic nitrogens is 1. The second kappa shape index (κ2) is 6.19. The lowest BCUT2D eigenvalue weighted by atomic mass is 10.1. The molecule has 2 rings (SSSR count). The zero-order chi connectivity index (χ0) is 13.0. The molecule has 3 heteroatoms. The molecule has 1 saturated carbocycles. The first-order valence-electron chi connectivity index (χ1n) is 7.10. The summed E-state index contributed by atoms with van der Waals surface area (Å²) < 4.78 is 0. The van der Waals surface area contributed by atoms with Gasteiger partial charge in [-0.05, 0) is 44.7 Å². The summed E-state index contributed by atoms with van der Waals surface area (Å²) in [5, 5.41) is 3.46. The van der Waals surface area contributed by atoms with E-state index < -0.39 is 0 Å². The minimum absolute atomic E-state index is 0.636. The highest BCUT2D eigenvalue weighted by atomic mass is 15.1. The number of anilines is 1. The van der Waals surface area contributed by atoms with E-state index >= 15 is 0 Å². The van der Waals surface area contributed by atoms with E-state index in [9.17, 15) is 0 Å².